The van der Waals surface area contributed by atoms with Gasteiger partial charge in [-0.3, -0.25) is 20.2 Å². The van der Waals surface area contributed by atoms with Gasteiger partial charge in [0, 0.05) is 37.3 Å². The molecule has 24 heavy (non-hydrogen) atoms. The van der Waals surface area contributed by atoms with E-state index in [1.165, 1.54) is 4.90 Å². The van der Waals surface area contributed by atoms with Crippen molar-refractivity contribution in [1.29, 1.82) is 0 Å². The second kappa shape index (κ2) is 6.23. The van der Waals surface area contributed by atoms with Gasteiger partial charge in [0.2, 0.25) is 0 Å². The lowest BCUT2D eigenvalue weighted by Crippen LogP contribution is -2.54. The van der Waals surface area contributed by atoms with Crippen LogP contribution in [0.4, 0.5) is 30.2 Å². The summed E-state index contributed by atoms with van der Waals surface area (Å²) in [5.74, 6) is 0. The van der Waals surface area contributed by atoms with E-state index < -0.39 is 38.6 Å². The first-order chi connectivity index (χ1) is 11.0. The standard InChI is InChI=1S/C13H15F3N4O4/c1-7-5-18(6-8(2)17-7)12-10(19(21)22)3-9(13(14,15)16)4-11(12)20(23)24/h3-4,7-8,17H,5-6H2,1-2H3/t7-,8+. The zero-order chi connectivity index (χ0) is 18.2. The molecule has 1 fully saturated rings. The normalized spacial score (nSPS) is 21.6. The fourth-order valence-electron chi connectivity index (χ4n) is 2.88. The highest BCUT2D eigenvalue weighted by Gasteiger charge is 2.40. The van der Waals surface area contributed by atoms with Gasteiger partial charge in [-0.25, -0.2) is 0 Å². The topological polar surface area (TPSA) is 102 Å². The number of halogens is 3. The van der Waals surface area contributed by atoms with Gasteiger partial charge in [-0.15, -0.1) is 0 Å². The van der Waals surface area contributed by atoms with Crippen molar-refractivity contribution in [3.63, 3.8) is 0 Å². The van der Waals surface area contributed by atoms with Crippen LogP contribution in [0.2, 0.25) is 0 Å². The molecule has 1 aliphatic rings. The van der Waals surface area contributed by atoms with Crippen molar-refractivity contribution in [2.45, 2.75) is 32.1 Å². The molecule has 0 aliphatic carbocycles. The molecular formula is C13H15F3N4O4. The third kappa shape index (κ3) is 3.55. The van der Waals surface area contributed by atoms with Crippen molar-refractivity contribution >= 4 is 17.1 Å². The summed E-state index contributed by atoms with van der Waals surface area (Å²) in [6, 6.07) is 0.435. The summed E-state index contributed by atoms with van der Waals surface area (Å²) in [5, 5.41) is 25.7. The monoisotopic (exact) mass is 348 g/mol. The van der Waals surface area contributed by atoms with E-state index in [0.29, 0.717) is 12.1 Å². The fourth-order valence-corrected chi connectivity index (χ4v) is 2.88. The summed E-state index contributed by atoms with van der Waals surface area (Å²) >= 11 is 0. The smallest absolute Gasteiger partial charge is 0.357 e. The number of hydrogen-bond acceptors (Lipinski definition) is 6. The molecule has 0 aromatic heterocycles. The molecule has 0 unspecified atom stereocenters. The van der Waals surface area contributed by atoms with Gasteiger partial charge in [0.1, 0.15) is 0 Å². The van der Waals surface area contributed by atoms with Crippen LogP contribution in [0.3, 0.4) is 0 Å². The summed E-state index contributed by atoms with van der Waals surface area (Å²) in [7, 11) is 0. The van der Waals surface area contributed by atoms with E-state index in [1.807, 2.05) is 0 Å². The van der Waals surface area contributed by atoms with E-state index in [0.717, 1.165) is 0 Å². The number of anilines is 1. The van der Waals surface area contributed by atoms with E-state index >= 15 is 0 Å². The highest BCUT2D eigenvalue weighted by Crippen LogP contribution is 2.43. The molecule has 11 heteroatoms. The molecule has 1 aromatic carbocycles. The Morgan fingerprint density at radius 2 is 1.50 bits per heavy atom. The Balaban J connectivity index is 2.68. The predicted octanol–water partition coefficient (Wildman–Crippen LogP) is 2.71. The lowest BCUT2D eigenvalue weighted by atomic mass is 10.1. The van der Waals surface area contributed by atoms with Crippen molar-refractivity contribution in [1.82, 2.24) is 5.32 Å². The molecule has 0 bridgehead atoms. The number of nitrogens with zero attached hydrogens (tertiary/aromatic N) is 3. The summed E-state index contributed by atoms with van der Waals surface area (Å²) in [4.78, 5) is 21.9. The molecule has 0 amide bonds. The number of hydrogen-bond donors (Lipinski definition) is 1. The highest BCUT2D eigenvalue weighted by molar-refractivity contribution is 5.76. The van der Waals surface area contributed by atoms with Crippen molar-refractivity contribution in [2.75, 3.05) is 18.0 Å². The van der Waals surface area contributed by atoms with Gasteiger partial charge in [0.25, 0.3) is 11.4 Å². The summed E-state index contributed by atoms with van der Waals surface area (Å²) in [6.45, 7) is 3.98. The summed E-state index contributed by atoms with van der Waals surface area (Å²) < 4.78 is 38.7. The third-order valence-electron chi connectivity index (χ3n) is 3.66. The van der Waals surface area contributed by atoms with Crippen LogP contribution in [0.5, 0.6) is 0 Å². The SMILES string of the molecule is C[C@@H]1CN(c2c([N+](=O)[O-])cc(C(F)(F)F)cc2[N+](=O)[O-])C[C@H](C)N1. The minimum atomic E-state index is -4.92. The van der Waals surface area contributed by atoms with Gasteiger partial charge in [-0.1, -0.05) is 0 Å². The lowest BCUT2D eigenvalue weighted by molar-refractivity contribution is -0.393. The van der Waals surface area contributed by atoms with Gasteiger partial charge in [0.15, 0.2) is 5.69 Å². The average molecular weight is 348 g/mol. The predicted molar refractivity (Wildman–Crippen MR) is 79.0 cm³/mol. The van der Waals surface area contributed by atoms with E-state index in [4.69, 9.17) is 0 Å². The maximum atomic E-state index is 12.9. The number of nitro benzene ring substituents is 2. The van der Waals surface area contributed by atoms with E-state index in [2.05, 4.69) is 5.32 Å². The molecule has 1 N–H and O–H groups in total. The molecule has 0 saturated carbocycles. The van der Waals surface area contributed by atoms with Crippen LogP contribution in [-0.4, -0.2) is 35.0 Å². The lowest BCUT2D eigenvalue weighted by Gasteiger charge is -2.37. The molecule has 1 saturated heterocycles. The Bertz CT molecular complexity index is 635. The molecule has 132 valence electrons. The number of benzene rings is 1. The Kier molecular flexibility index (Phi) is 4.65. The zero-order valence-corrected chi connectivity index (χ0v) is 12.8. The van der Waals surface area contributed by atoms with Gasteiger partial charge in [0.05, 0.1) is 15.4 Å². The summed E-state index contributed by atoms with van der Waals surface area (Å²) in [5.41, 5.74) is -3.64. The van der Waals surface area contributed by atoms with Gasteiger partial charge in [-0.05, 0) is 13.8 Å². The second-order valence-corrected chi connectivity index (χ2v) is 5.75. The molecule has 2 atom stereocenters. The Morgan fingerprint density at radius 3 is 1.83 bits per heavy atom. The van der Waals surface area contributed by atoms with Gasteiger partial charge in [-0.2, -0.15) is 13.2 Å². The molecule has 1 aromatic rings. The maximum absolute atomic E-state index is 12.9. The average Bonchev–Trinajstić information content (AvgIpc) is 2.43. The van der Waals surface area contributed by atoms with Crippen LogP contribution in [0.15, 0.2) is 12.1 Å². The second-order valence-electron chi connectivity index (χ2n) is 5.75. The number of rotatable bonds is 3. The van der Waals surface area contributed by atoms with Crippen LogP contribution >= 0.6 is 0 Å². The highest BCUT2D eigenvalue weighted by atomic mass is 19.4. The molecule has 0 radical (unpaired) electrons. The zero-order valence-electron chi connectivity index (χ0n) is 12.8. The van der Waals surface area contributed by atoms with Gasteiger partial charge < -0.3 is 10.2 Å². The van der Waals surface area contributed by atoms with Crippen LogP contribution < -0.4 is 10.2 Å². The van der Waals surface area contributed by atoms with E-state index in [1.54, 1.807) is 13.8 Å². The third-order valence-corrected chi connectivity index (χ3v) is 3.66. The van der Waals surface area contributed by atoms with Crippen LogP contribution in [-0.2, 0) is 6.18 Å². The Hall–Kier alpha value is -2.43. The molecule has 2 rings (SSSR count). The fraction of sp³-hybridized carbons (Fsp3) is 0.538. The first kappa shape index (κ1) is 17.9. The van der Waals surface area contributed by atoms with Gasteiger partial charge >= 0.3 is 6.18 Å². The van der Waals surface area contributed by atoms with Crippen molar-refractivity contribution in [3.05, 3.63) is 37.9 Å². The molecule has 1 aliphatic heterocycles. The Labute approximate surface area is 134 Å². The van der Waals surface area contributed by atoms with E-state index in [-0.39, 0.29) is 25.2 Å². The van der Waals surface area contributed by atoms with Crippen LogP contribution in [0.1, 0.15) is 19.4 Å². The largest absolute Gasteiger partial charge is 0.416 e. The van der Waals surface area contributed by atoms with Crippen molar-refractivity contribution < 1.29 is 23.0 Å². The molecule has 8 nitrogen and oxygen atoms in total. The number of nitro groups is 2. The molecule has 0 spiro atoms. The molecular weight excluding hydrogens is 333 g/mol. The quantitative estimate of drug-likeness (QED) is 0.666. The molecule has 1 heterocycles. The number of nitrogens with one attached hydrogen (secondary N) is 1. The first-order valence-corrected chi connectivity index (χ1v) is 7.05. The van der Waals surface area contributed by atoms with Crippen molar-refractivity contribution in [2.24, 2.45) is 0 Å². The van der Waals surface area contributed by atoms with E-state index in [9.17, 15) is 33.4 Å². The number of alkyl halides is 3. The maximum Gasteiger partial charge on any atom is 0.416 e. The van der Waals surface area contributed by atoms with Crippen molar-refractivity contribution in [3.8, 4) is 0 Å². The minimum absolute atomic E-state index is 0.129. The number of piperazine rings is 1. The summed E-state index contributed by atoms with van der Waals surface area (Å²) in [6.07, 6.45) is -4.92. The van der Waals surface area contributed by atoms with Crippen LogP contribution in [0, 0.1) is 20.2 Å². The Morgan fingerprint density at radius 1 is 1.08 bits per heavy atom. The first-order valence-electron chi connectivity index (χ1n) is 7.05. The minimum Gasteiger partial charge on any atom is -0.357 e. The van der Waals surface area contributed by atoms with Crippen LogP contribution in [0.25, 0.3) is 0 Å².